The first kappa shape index (κ1) is 18.4. The molecule has 0 bridgehead atoms. The number of carbonyl (C=O) groups is 2. The quantitative estimate of drug-likeness (QED) is 0.405. The van der Waals surface area contributed by atoms with Gasteiger partial charge in [0.2, 0.25) is 0 Å². The van der Waals surface area contributed by atoms with Crippen molar-refractivity contribution in [3.63, 3.8) is 0 Å². The van der Waals surface area contributed by atoms with Crippen LogP contribution in [0.15, 0.2) is 11.6 Å². The summed E-state index contributed by atoms with van der Waals surface area (Å²) < 4.78 is 11.1. The molecule has 0 amide bonds. The Balaban J connectivity index is 2.02. The van der Waals surface area contributed by atoms with E-state index in [1.807, 2.05) is 6.08 Å². The number of esters is 2. The number of rotatable bonds is 1. The average molecular weight is 354 g/mol. The maximum Gasteiger partial charge on any atom is 0.341 e. The van der Waals surface area contributed by atoms with E-state index in [0.29, 0.717) is 0 Å². The van der Waals surface area contributed by atoms with E-state index < -0.39 is 29.1 Å². The van der Waals surface area contributed by atoms with Crippen LogP contribution in [0, 0.1) is 11.8 Å². The second kappa shape index (κ2) is 6.07. The van der Waals surface area contributed by atoms with Crippen molar-refractivity contribution < 1.29 is 34.2 Å². The standard InChI is InChI=1S/C18H27NO6/c1-10(2)13-15(20)25-12-6-8-19-7-5-11(14(12)19)9-24-16(21)18(4,23)17(13,3)22/h5,10,12-14,22-23H,6-9H2,1-4H3/p+1/t12-,13+,14-,17-,18+/m1/s1. The lowest BCUT2D eigenvalue weighted by Gasteiger charge is -2.42. The van der Waals surface area contributed by atoms with Crippen molar-refractivity contribution in [1.29, 1.82) is 0 Å². The summed E-state index contributed by atoms with van der Waals surface area (Å²) in [7, 11) is 0. The van der Waals surface area contributed by atoms with Gasteiger partial charge < -0.3 is 24.6 Å². The molecule has 0 saturated carbocycles. The molecule has 3 heterocycles. The first-order valence-electron chi connectivity index (χ1n) is 8.93. The Morgan fingerprint density at radius 2 is 1.96 bits per heavy atom. The summed E-state index contributed by atoms with van der Waals surface area (Å²) in [5.74, 6) is -2.88. The van der Waals surface area contributed by atoms with Gasteiger partial charge in [0.15, 0.2) is 17.7 Å². The van der Waals surface area contributed by atoms with Crippen molar-refractivity contribution >= 4 is 11.9 Å². The first-order chi connectivity index (χ1) is 11.6. The zero-order valence-corrected chi connectivity index (χ0v) is 15.2. The predicted molar refractivity (Wildman–Crippen MR) is 87.6 cm³/mol. The summed E-state index contributed by atoms with van der Waals surface area (Å²) in [6, 6.07) is -0.0161. The van der Waals surface area contributed by atoms with Crippen LogP contribution in [-0.2, 0) is 19.1 Å². The molecule has 0 aromatic rings. The molecule has 3 aliphatic rings. The Kier molecular flexibility index (Phi) is 4.46. The van der Waals surface area contributed by atoms with Crippen LogP contribution in [0.5, 0.6) is 0 Å². The molecule has 0 spiro atoms. The maximum atomic E-state index is 12.9. The highest BCUT2D eigenvalue weighted by Crippen LogP contribution is 2.37. The molecule has 2 saturated heterocycles. The molecule has 7 nitrogen and oxygen atoms in total. The van der Waals surface area contributed by atoms with Gasteiger partial charge in [-0.2, -0.15) is 0 Å². The number of aliphatic hydroxyl groups is 2. The maximum absolute atomic E-state index is 12.9. The van der Waals surface area contributed by atoms with E-state index in [1.165, 1.54) is 18.7 Å². The monoisotopic (exact) mass is 354 g/mol. The summed E-state index contributed by atoms with van der Waals surface area (Å²) in [6.07, 6.45) is 2.45. The minimum atomic E-state index is -2.23. The van der Waals surface area contributed by atoms with Crippen LogP contribution in [0.2, 0.25) is 0 Å². The molecule has 0 radical (unpaired) electrons. The molecule has 0 aromatic heterocycles. The predicted octanol–water partition coefficient (Wildman–Crippen LogP) is -1.17. The van der Waals surface area contributed by atoms with Crippen LogP contribution < -0.4 is 4.90 Å². The Morgan fingerprint density at radius 3 is 2.60 bits per heavy atom. The highest BCUT2D eigenvalue weighted by atomic mass is 16.6. The second-order valence-corrected chi connectivity index (χ2v) is 8.15. The molecule has 1 unspecified atom stereocenters. The zero-order valence-electron chi connectivity index (χ0n) is 15.2. The summed E-state index contributed by atoms with van der Waals surface area (Å²) in [5, 5.41) is 21.7. The fraction of sp³-hybridized carbons (Fsp3) is 0.778. The Labute approximate surface area is 147 Å². The van der Waals surface area contributed by atoms with E-state index >= 15 is 0 Å². The molecule has 6 atom stereocenters. The van der Waals surface area contributed by atoms with Gasteiger partial charge >= 0.3 is 11.9 Å². The Bertz CT molecular complexity index is 609. The van der Waals surface area contributed by atoms with Gasteiger partial charge in [-0.15, -0.1) is 0 Å². The topological polar surface area (TPSA) is 97.5 Å². The Morgan fingerprint density at radius 1 is 1.28 bits per heavy atom. The minimum absolute atomic E-state index is 0.0161. The molecule has 0 aliphatic carbocycles. The number of nitrogens with one attached hydrogen (secondary N) is 1. The average Bonchev–Trinajstić information content (AvgIpc) is 3.06. The van der Waals surface area contributed by atoms with Crippen molar-refractivity contribution in [2.24, 2.45) is 11.8 Å². The van der Waals surface area contributed by atoms with Gasteiger partial charge in [0.1, 0.15) is 12.2 Å². The second-order valence-electron chi connectivity index (χ2n) is 8.15. The van der Waals surface area contributed by atoms with Crippen LogP contribution in [0.4, 0.5) is 0 Å². The van der Waals surface area contributed by atoms with Gasteiger partial charge in [-0.1, -0.05) is 13.8 Å². The number of cyclic esters (lactones) is 1. The summed E-state index contributed by atoms with van der Waals surface area (Å²) in [6.45, 7) is 7.74. The fourth-order valence-corrected chi connectivity index (χ4v) is 4.48. The van der Waals surface area contributed by atoms with Gasteiger partial charge in [0.05, 0.1) is 19.0 Å². The number of ether oxygens (including phenoxy) is 2. The summed E-state index contributed by atoms with van der Waals surface area (Å²) >= 11 is 0. The molecule has 2 fully saturated rings. The van der Waals surface area contributed by atoms with Crippen LogP contribution in [0.1, 0.15) is 34.1 Å². The SMILES string of the molecule is CC(C)[C@H]1C(=O)O[C@@H]2CC[NH+]3CC=C(COC(=O)[C@](C)(O)[C@]1(C)O)[C@H]23. The van der Waals surface area contributed by atoms with Gasteiger partial charge in [-0.25, -0.2) is 4.79 Å². The van der Waals surface area contributed by atoms with Gasteiger partial charge in [-0.3, -0.25) is 4.79 Å². The lowest BCUT2D eigenvalue weighted by molar-refractivity contribution is -0.896. The molecular formula is C18H28NO6+. The number of hydrogen-bond donors (Lipinski definition) is 3. The third-order valence-electron chi connectivity index (χ3n) is 6.13. The van der Waals surface area contributed by atoms with Crippen molar-refractivity contribution in [3.8, 4) is 0 Å². The van der Waals surface area contributed by atoms with E-state index in [2.05, 4.69) is 0 Å². The highest BCUT2D eigenvalue weighted by Gasteiger charge is 2.59. The van der Waals surface area contributed by atoms with Crippen LogP contribution in [-0.4, -0.2) is 65.2 Å². The van der Waals surface area contributed by atoms with Crippen molar-refractivity contribution in [2.45, 2.75) is 57.5 Å². The molecule has 3 N–H and O–H groups in total. The van der Waals surface area contributed by atoms with E-state index in [4.69, 9.17) is 9.47 Å². The molecule has 0 aromatic carbocycles. The highest BCUT2D eigenvalue weighted by molar-refractivity contribution is 5.83. The van der Waals surface area contributed by atoms with Gasteiger partial charge in [-0.05, 0) is 25.8 Å². The van der Waals surface area contributed by atoms with E-state index in [-0.39, 0.29) is 24.7 Å². The third-order valence-corrected chi connectivity index (χ3v) is 6.13. The van der Waals surface area contributed by atoms with Gasteiger partial charge in [0, 0.05) is 12.0 Å². The lowest BCUT2D eigenvalue weighted by Crippen LogP contribution is -3.12. The number of quaternary nitrogens is 1. The van der Waals surface area contributed by atoms with Gasteiger partial charge in [0.25, 0.3) is 0 Å². The first-order valence-corrected chi connectivity index (χ1v) is 8.93. The van der Waals surface area contributed by atoms with Crippen LogP contribution in [0.3, 0.4) is 0 Å². The minimum Gasteiger partial charge on any atom is -0.459 e. The van der Waals surface area contributed by atoms with Crippen molar-refractivity contribution in [2.75, 3.05) is 19.7 Å². The third kappa shape index (κ3) is 2.78. The normalized spacial score (nSPS) is 44.7. The van der Waals surface area contributed by atoms with E-state index in [9.17, 15) is 19.8 Å². The lowest BCUT2D eigenvalue weighted by atomic mass is 9.71. The molecule has 25 heavy (non-hydrogen) atoms. The number of hydrogen-bond acceptors (Lipinski definition) is 6. The summed E-state index contributed by atoms with van der Waals surface area (Å²) in [5.41, 5.74) is -3.34. The molecule has 3 aliphatic heterocycles. The van der Waals surface area contributed by atoms with Crippen molar-refractivity contribution in [3.05, 3.63) is 11.6 Å². The summed E-state index contributed by atoms with van der Waals surface area (Å²) in [4.78, 5) is 26.7. The molecule has 140 valence electrons. The molecule has 7 heteroatoms. The van der Waals surface area contributed by atoms with Crippen LogP contribution >= 0.6 is 0 Å². The zero-order chi connectivity index (χ0) is 18.6. The fourth-order valence-electron chi connectivity index (χ4n) is 4.48. The molecular weight excluding hydrogens is 326 g/mol. The largest absolute Gasteiger partial charge is 0.459 e. The van der Waals surface area contributed by atoms with Crippen molar-refractivity contribution in [1.82, 2.24) is 0 Å². The Hall–Kier alpha value is -1.44. The smallest absolute Gasteiger partial charge is 0.341 e. The van der Waals surface area contributed by atoms with E-state index in [0.717, 1.165) is 25.1 Å². The van der Waals surface area contributed by atoms with E-state index in [1.54, 1.807) is 13.8 Å². The number of carbonyl (C=O) groups excluding carboxylic acids is 2. The molecule has 3 rings (SSSR count). The van der Waals surface area contributed by atoms with Crippen LogP contribution in [0.25, 0.3) is 0 Å².